The van der Waals surface area contributed by atoms with E-state index in [1.807, 2.05) is 6.92 Å². The average Bonchev–Trinajstić information content (AvgIpc) is 2.71. The summed E-state index contributed by atoms with van der Waals surface area (Å²) in [5, 5.41) is 9.47. The molecule has 5 nitrogen and oxygen atoms in total. The lowest BCUT2D eigenvalue weighted by Gasteiger charge is -2.23. The maximum Gasteiger partial charge on any atom is 0.326 e. The van der Waals surface area contributed by atoms with Gasteiger partial charge < -0.3 is 10.0 Å². The third-order valence-corrected chi connectivity index (χ3v) is 3.54. The van der Waals surface area contributed by atoms with Crippen molar-refractivity contribution in [2.45, 2.75) is 19.4 Å². The summed E-state index contributed by atoms with van der Waals surface area (Å²) < 4.78 is 0. The highest BCUT2D eigenvalue weighted by molar-refractivity contribution is 6.33. The van der Waals surface area contributed by atoms with Crippen LogP contribution in [0.2, 0.25) is 5.02 Å². The third kappa shape index (κ3) is 2.18. The number of pyridine rings is 1. The fourth-order valence-corrected chi connectivity index (χ4v) is 2.43. The maximum atomic E-state index is 12.3. The van der Waals surface area contributed by atoms with Crippen LogP contribution in [0.1, 0.15) is 23.7 Å². The van der Waals surface area contributed by atoms with E-state index in [1.165, 1.54) is 23.4 Å². The number of carboxylic acid groups (broad SMARTS) is 1. The molecule has 0 aliphatic carbocycles. The second kappa shape index (κ2) is 4.94. The van der Waals surface area contributed by atoms with Gasteiger partial charge in [0.1, 0.15) is 6.04 Å². The monoisotopic (exact) mass is 268 g/mol. The summed E-state index contributed by atoms with van der Waals surface area (Å²) in [7, 11) is 0. The van der Waals surface area contributed by atoms with E-state index in [4.69, 9.17) is 11.6 Å². The van der Waals surface area contributed by atoms with Gasteiger partial charge in [-0.3, -0.25) is 9.78 Å². The van der Waals surface area contributed by atoms with Gasteiger partial charge in [0.2, 0.25) is 0 Å². The van der Waals surface area contributed by atoms with E-state index in [-0.39, 0.29) is 17.4 Å². The van der Waals surface area contributed by atoms with Gasteiger partial charge in [-0.1, -0.05) is 18.5 Å². The maximum absolute atomic E-state index is 12.3. The quantitative estimate of drug-likeness (QED) is 0.886. The Labute approximate surface area is 109 Å². The molecule has 0 aromatic carbocycles. The first-order valence-corrected chi connectivity index (χ1v) is 6.03. The van der Waals surface area contributed by atoms with Gasteiger partial charge in [0.25, 0.3) is 5.91 Å². The number of carbonyl (C=O) groups is 2. The topological polar surface area (TPSA) is 70.5 Å². The molecular formula is C12H13ClN2O3. The lowest BCUT2D eigenvalue weighted by Crippen LogP contribution is -2.42. The van der Waals surface area contributed by atoms with E-state index in [0.29, 0.717) is 18.0 Å². The summed E-state index contributed by atoms with van der Waals surface area (Å²) in [4.78, 5) is 28.7. The summed E-state index contributed by atoms with van der Waals surface area (Å²) in [5.74, 6) is -1.40. The van der Waals surface area contributed by atoms with E-state index in [2.05, 4.69) is 4.98 Å². The van der Waals surface area contributed by atoms with E-state index < -0.39 is 12.0 Å². The molecule has 96 valence electrons. The van der Waals surface area contributed by atoms with Crippen LogP contribution in [0.25, 0.3) is 0 Å². The van der Waals surface area contributed by atoms with Crippen molar-refractivity contribution in [1.29, 1.82) is 0 Å². The second-order valence-corrected chi connectivity index (χ2v) is 4.81. The summed E-state index contributed by atoms with van der Waals surface area (Å²) >= 11 is 5.93. The van der Waals surface area contributed by atoms with Gasteiger partial charge in [-0.2, -0.15) is 0 Å². The van der Waals surface area contributed by atoms with Crippen LogP contribution >= 0.6 is 11.6 Å². The standard InChI is InChI=1S/C12H13ClN2O3/c1-7-3-5-15(10(7)12(17)18)11(16)8-6-14-4-2-9(8)13/h2,4,6-7,10H,3,5H2,1H3,(H,17,18). The summed E-state index contributed by atoms with van der Waals surface area (Å²) in [6.45, 7) is 2.26. The van der Waals surface area contributed by atoms with Crippen molar-refractivity contribution in [2.75, 3.05) is 6.54 Å². The molecule has 1 aromatic rings. The van der Waals surface area contributed by atoms with Crippen LogP contribution in [-0.2, 0) is 4.79 Å². The molecule has 0 saturated carbocycles. The van der Waals surface area contributed by atoms with Crippen LogP contribution in [0.5, 0.6) is 0 Å². The van der Waals surface area contributed by atoms with Crippen LogP contribution < -0.4 is 0 Å². The minimum Gasteiger partial charge on any atom is -0.480 e. The average molecular weight is 269 g/mol. The molecule has 1 saturated heterocycles. The van der Waals surface area contributed by atoms with E-state index in [1.54, 1.807) is 0 Å². The molecule has 1 amide bonds. The highest BCUT2D eigenvalue weighted by Gasteiger charge is 2.40. The van der Waals surface area contributed by atoms with Gasteiger partial charge in [0.05, 0.1) is 10.6 Å². The lowest BCUT2D eigenvalue weighted by atomic mass is 10.0. The van der Waals surface area contributed by atoms with Gasteiger partial charge >= 0.3 is 5.97 Å². The molecule has 0 radical (unpaired) electrons. The number of aliphatic carboxylic acids is 1. The number of aromatic nitrogens is 1. The minimum atomic E-state index is -0.978. The van der Waals surface area contributed by atoms with Gasteiger partial charge in [-0.05, 0) is 18.4 Å². The molecule has 2 atom stereocenters. The number of rotatable bonds is 2. The normalized spacial score (nSPS) is 23.1. The van der Waals surface area contributed by atoms with Crippen LogP contribution in [0, 0.1) is 5.92 Å². The first kappa shape index (κ1) is 12.8. The van der Waals surface area contributed by atoms with Crippen molar-refractivity contribution in [2.24, 2.45) is 5.92 Å². The van der Waals surface area contributed by atoms with Crippen molar-refractivity contribution in [3.63, 3.8) is 0 Å². The van der Waals surface area contributed by atoms with Crippen molar-refractivity contribution < 1.29 is 14.7 Å². The Balaban J connectivity index is 2.29. The van der Waals surface area contributed by atoms with Gasteiger partial charge in [-0.25, -0.2) is 4.79 Å². The molecule has 18 heavy (non-hydrogen) atoms. The predicted molar refractivity (Wildman–Crippen MR) is 65.5 cm³/mol. The zero-order chi connectivity index (χ0) is 13.3. The number of carboxylic acids is 1. The number of likely N-dealkylation sites (tertiary alicyclic amines) is 1. The zero-order valence-corrected chi connectivity index (χ0v) is 10.6. The SMILES string of the molecule is CC1CCN(C(=O)c2cnccc2Cl)C1C(=O)O. The molecule has 1 fully saturated rings. The molecule has 0 spiro atoms. The van der Waals surface area contributed by atoms with E-state index in [9.17, 15) is 14.7 Å². The fraction of sp³-hybridized carbons (Fsp3) is 0.417. The summed E-state index contributed by atoms with van der Waals surface area (Å²) in [6, 6.07) is 0.734. The Hall–Kier alpha value is -1.62. The van der Waals surface area contributed by atoms with Crippen molar-refractivity contribution >= 4 is 23.5 Å². The lowest BCUT2D eigenvalue weighted by molar-refractivity contribution is -0.142. The summed E-state index contributed by atoms with van der Waals surface area (Å²) in [6.07, 6.45) is 3.54. The Morgan fingerprint density at radius 3 is 2.89 bits per heavy atom. The van der Waals surface area contributed by atoms with Crippen LogP contribution in [0.3, 0.4) is 0 Å². The molecule has 1 N–H and O–H groups in total. The smallest absolute Gasteiger partial charge is 0.326 e. The third-order valence-electron chi connectivity index (χ3n) is 3.21. The molecule has 6 heteroatoms. The molecular weight excluding hydrogens is 256 g/mol. The first-order chi connectivity index (χ1) is 8.52. The van der Waals surface area contributed by atoms with Gasteiger partial charge in [0.15, 0.2) is 0 Å². The Morgan fingerprint density at radius 1 is 1.56 bits per heavy atom. The molecule has 2 unspecified atom stereocenters. The summed E-state index contributed by atoms with van der Waals surface area (Å²) in [5.41, 5.74) is 0.250. The Kier molecular flexibility index (Phi) is 3.52. The molecule has 1 aliphatic rings. The number of hydrogen-bond acceptors (Lipinski definition) is 3. The highest BCUT2D eigenvalue weighted by atomic mass is 35.5. The van der Waals surface area contributed by atoms with Crippen molar-refractivity contribution in [3.05, 3.63) is 29.0 Å². The number of amides is 1. The highest BCUT2D eigenvalue weighted by Crippen LogP contribution is 2.27. The van der Waals surface area contributed by atoms with Crippen LogP contribution in [0.4, 0.5) is 0 Å². The van der Waals surface area contributed by atoms with Gasteiger partial charge in [0, 0.05) is 18.9 Å². The number of halogens is 1. The van der Waals surface area contributed by atoms with Crippen LogP contribution in [-0.4, -0.2) is 39.5 Å². The molecule has 2 rings (SSSR count). The van der Waals surface area contributed by atoms with E-state index in [0.717, 1.165) is 0 Å². The van der Waals surface area contributed by atoms with E-state index >= 15 is 0 Å². The molecule has 1 aromatic heterocycles. The Bertz CT molecular complexity index is 492. The second-order valence-electron chi connectivity index (χ2n) is 4.40. The Morgan fingerprint density at radius 2 is 2.28 bits per heavy atom. The van der Waals surface area contributed by atoms with Crippen LogP contribution in [0.15, 0.2) is 18.5 Å². The fourth-order valence-electron chi connectivity index (χ4n) is 2.24. The number of carbonyl (C=O) groups excluding carboxylic acids is 1. The van der Waals surface area contributed by atoms with Crippen molar-refractivity contribution in [1.82, 2.24) is 9.88 Å². The predicted octanol–water partition coefficient (Wildman–Crippen LogP) is 1.67. The van der Waals surface area contributed by atoms with Gasteiger partial charge in [-0.15, -0.1) is 0 Å². The van der Waals surface area contributed by atoms with Crippen molar-refractivity contribution in [3.8, 4) is 0 Å². The molecule has 2 heterocycles. The zero-order valence-electron chi connectivity index (χ0n) is 9.84. The molecule has 0 bridgehead atoms. The first-order valence-electron chi connectivity index (χ1n) is 5.65. The molecule has 1 aliphatic heterocycles. The largest absolute Gasteiger partial charge is 0.480 e. The minimum absolute atomic E-state index is 0.0538. The number of hydrogen-bond donors (Lipinski definition) is 1. The number of nitrogens with zero attached hydrogens (tertiary/aromatic N) is 2.